The molecule has 12 heteroatoms. The van der Waals surface area contributed by atoms with E-state index in [4.69, 9.17) is 15.2 Å². The Morgan fingerprint density at radius 2 is 1.92 bits per heavy atom. The second-order valence-electron chi connectivity index (χ2n) is 10.2. The molecule has 1 aliphatic heterocycles. The lowest BCUT2D eigenvalue weighted by atomic mass is 10.1. The highest BCUT2D eigenvalue weighted by Crippen LogP contribution is 2.39. The molecule has 1 fully saturated rings. The van der Waals surface area contributed by atoms with E-state index in [1.54, 1.807) is 26.0 Å². The standard InChI is InChI=1S/C26H28F4N6O2/c1-25(2,14-37-3)38-20-11-17(27)10-15-4-6-19(32-22(15)20)24-34-33-21-7-5-16(12-36(21)24)23(26(28,29)30)35-9-8-18(31)13-35/h4-7,10-12,18,23H,8-9,13-14,31H2,1-3H3/t18?,23-/m1/s1. The summed E-state index contributed by atoms with van der Waals surface area (Å²) < 4.78 is 69.6. The number of nitrogens with two attached hydrogens (primary N) is 1. The lowest BCUT2D eigenvalue weighted by molar-refractivity contribution is -0.183. The fourth-order valence-corrected chi connectivity index (χ4v) is 4.95. The largest absolute Gasteiger partial charge is 0.483 e. The molecule has 1 aromatic carbocycles. The van der Waals surface area contributed by atoms with Gasteiger partial charge in [0.1, 0.15) is 34.4 Å². The van der Waals surface area contributed by atoms with Crippen LogP contribution in [0.5, 0.6) is 5.75 Å². The van der Waals surface area contributed by atoms with Crippen molar-refractivity contribution in [2.75, 3.05) is 26.8 Å². The Balaban J connectivity index is 1.59. The van der Waals surface area contributed by atoms with Gasteiger partial charge in [0, 0.05) is 43.9 Å². The number of pyridine rings is 2. The molecule has 1 aliphatic rings. The third-order valence-corrected chi connectivity index (χ3v) is 6.50. The van der Waals surface area contributed by atoms with Crippen molar-refractivity contribution in [1.29, 1.82) is 0 Å². The molecule has 202 valence electrons. The molecule has 5 rings (SSSR count). The van der Waals surface area contributed by atoms with Gasteiger partial charge in [0.25, 0.3) is 0 Å². The Morgan fingerprint density at radius 3 is 2.61 bits per heavy atom. The minimum absolute atomic E-state index is 0.0494. The SMILES string of the molecule is COCC(C)(C)Oc1cc(F)cc2ccc(-c3nnc4ccc([C@@H](N5CCC(N)C5)C(F)(F)F)cn34)nc12. The van der Waals surface area contributed by atoms with Crippen molar-refractivity contribution in [3.8, 4) is 17.3 Å². The van der Waals surface area contributed by atoms with E-state index in [2.05, 4.69) is 15.2 Å². The van der Waals surface area contributed by atoms with Gasteiger partial charge in [-0.1, -0.05) is 12.1 Å². The highest BCUT2D eigenvalue weighted by Gasteiger charge is 2.46. The number of methoxy groups -OCH3 is 1. The van der Waals surface area contributed by atoms with Gasteiger partial charge in [-0.25, -0.2) is 9.37 Å². The summed E-state index contributed by atoms with van der Waals surface area (Å²) >= 11 is 0. The maximum atomic E-state index is 14.3. The smallest absolute Gasteiger partial charge is 0.408 e. The molecule has 0 spiro atoms. The summed E-state index contributed by atoms with van der Waals surface area (Å²) in [5, 5.41) is 8.81. The number of nitrogens with zero attached hydrogens (tertiary/aromatic N) is 5. The van der Waals surface area contributed by atoms with Crippen LogP contribution in [0, 0.1) is 5.82 Å². The fourth-order valence-electron chi connectivity index (χ4n) is 4.95. The molecular formula is C26H28F4N6O2. The van der Waals surface area contributed by atoms with Gasteiger partial charge >= 0.3 is 6.18 Å². The molecule has 0 radical (unpaired) electrons. The average Bonchev–Trinajstić information content (AvgIpc) is 3.43. The van der Waals surface area contributed by atoms with E-state index in [0.29, 0.717) is 28.7 Å². The minimum Gasteiger partial charge on any atom is -0.483 e. The van der Waals surface area contributed by atoms with E-state index in [1.165, 1.54) is 46.9 Å². The Hall–Kier alpha value is -3.35. The molecule has 0 amide bonds. The van der Waals surface area contributed by atoms with Gasteiger partial charge in [-0.15, -0.1) is 10.2 Å². The van der Waals surface area contributed by atoms with Crippen LogP contribution in [-0.2, 0) is 4.74 Å². The average molecular weight is 533 g/mol. The molecular weight excluding hydrogens is 504 g/mol. The van der Waals surface area contributed by atoms with Crippen molar-refractivity contribution in [1.82, 2.24) is 24.5 Å². The van der Waals surface area contributed by atoms with Crippen molar-refractivity contribution in [3.63, 3.8) is 0 Å². The number of alkyl halides is 3. The lowest BCUT2D eigenvalue weighted by Crippen LogP contribution is -2.38. The number of benzene rings is 1. The molecule has 2 N–H and O–H groups in total. The van der Waals surface area contributed by atoms with Crippen molar-refractivity contribution < 1.29 is 27.0 Å². The zero-order valence-electron chi connectivity index (χ0n) is 21.2. The maximum absolute atomic E-state index is 14.3. The summed E-state index contributed by atoms with van der Waals surface area (Å²) in [4.78, 5) is 6.01. The van der Waals surface area contributed by atoms with Crippen LogP contribution >= 0.6 is 0 Å². The Morgan fingerprint density at radius 1 is 1.13 bits per heavy atom. The predicted molar refractivity (Wildman–Crippen MR) is 133 cm³/mol. The molecule has 38 heavy (non-hydrogen) atoms. The normalized spacial score (nSPS) is 17.9. The van der Waals surface area contributed by atoms with Gasteiger partial charge < -0.3 is 15.2 Å². The van der Waals surface area contributed by atoms with E-state index in [1.807, 2.05) is 0 Å². The molecule has 4 aromatic rings. The number of halogens is 4. The number of ether oxygens (including phenoxy) is 2. The molecule has 1 saturated heterocycles. The van der Waals surface area contributed by atoms with Gasteiger partial charge in [0.2, 0.25) is 0 Å². The molecule has 4 heterocycles. The third kappa shape index (κ3) is 5.16. The van der Waals surface area contributed by atoms with Gasteiger partial charge in [0.05, 0.1) is 6.61 Å². The molecule has 0 bridgehead atoms. The minimum atomic E-state index is -4.50. The Labute approximate surface area is 216 Å². The first-order valence-corrected chi connectivity index (χ1v) is 12.1. The Kier molecular flexibility index (Phi) is 6.74. The van der Waals surface area contributed by atoms with Crippen molar-refractivity contribution in [3.05, 3.63) is 54.0 Å². The second-order valence-corrected chi connectivity index (χ2v) is 10.2. The van der Waals surface area contributed by atoms with Crippen LogP contribution in [0.25, 0.3) is 28.1 Å². The molecule has 0 saturated carbocycles. The number of aromatic nitrogens is 4. The predicted octanol–water partition coefficient (Wildman–Crippen LogP) is 4.52. The molecule has 8 nitrogen and oxygen atoms in total. The molecule has 2 atom stereocenters. The van der Waals surface area contributed by atoms with Crippen LogP contribution in [0.4, 0.5) is 17.6 Å². The van der Waals surface area contributed by atoms with Crippen molar-refractivity contribution >= 4 is 16.6 Å². The lowest BCUT2D eigenvalue weighted by Gasteiger charge is -2.30. The first kappa shape index (κ1) is 26.3. The van der Waals surface area contributed by atoms with Crippen LogP contribution < -0.4 is 10.5 Å². The number of fused-ring (bicyclic) bond motifs is 2. The zero-order valence-corrected chi connectivity index (χ0v) is 21.2. The van der Waals surface area contributed by atoms with E-state index in [9.17, 15) is 17.6 Å². The van der Waals surface area contributed by atoms with Crippen LogP contribution in [0.2, 0.25) is 0 Å². The van der Waals surface area contributed by atoms with Crippen LogP contribution in [-0.4, -0.2) is 69.1 Å². The Bertz CT molecular complexity index is 1470. The molecule has 3 aromatic heterocycles. The topological polar surface area (TPSA) is 90.8 Å². The number of hydrogen-bond acceptors (Lipinski definition) is 7. The summed E-state index contributed by atoms with van der Waals surface area (Å²) in [6.07, 6.45) is -2.61. The summed E-state index contributed by atoms with van der Waals surface area (Å²) in [5.74, 6) is -0.0391. The van der Waals surface area contributed by atoms with Crippen LogP contribution in [0.1, 0.15) is 31.9 Å². The van der Waals surface area contributed by atoms with Gasteiger partial charge in [-0.05, 0) is 44.0 Å². The first-order chi connectivity index (χ1) is 17.9. The van der Waals surface area contributed by atoms with Gasteiger partial charge in [-0.3, -0.25) is 9.30 Å². The van der Waals surface area contributed by atoms with Gasteiger partial charge in [0.15, 0.2) is 11.5 Å². The number of rotatable bonds is 7. The van der Waals surface area contributed by atoms with Crippen LogP contribution in [0.15, 0.2) is 42.6 Å². The van der Waals surface area contributed by atoms with Crippen molar-refractivity contribution in [2.45, 2.75) is 44.1 Å². The molecule has 0 aliphatic carbocycles. The first-order valence-electron chi connectivity index (χ1n) is 12.1. The summed E-state index contributed by atoms with van der Waals surface area (Å²) in [5.41, 5.74) is 6.26. The van der Waals surface area contributed by atoms with E-state index in [0.717, 1.165) is 0 Å². The highest BCUT2D eigenvalue weighted by molar-refractivity contribution is 5.86. The van der Waals surface area contributed by atoms with E-state index in [-0.39, 0.29) is 42.9 Å². The second kappa shape index (κ2) is 9.75. The summed E-state index contributed by atoms with van der Waals surface area (Å²) in [6, 6.07) is 6.65. The van der Waals surface area contributed by atoms with Gasteiger partial charge in [-0.2, -0.15) is 13.2 Å². The van der Waals surface area contributed by atoms with Crippen molar-refractivity contribution in [2.24, 2.45) is 5.73 Å². The summed E-state index contributed by atoms with van der Waals surface area (Å²) in [7, 11) is 1.54. The monoisotopic (exact) mass is 532 g/mol. The zero-order chi connectivity index (χ0) is 27.2. The number of hydrogen-bond donors (Lipinski definition) is 1. The van der Waals surface area contributed by atoms with E-state index < -0.39 is 23.6 Å². The number of likely N-dealkylation sites (tertiary alicyclic amines) is 1. The van der Waals surface area contributed by atoms with E-state index >= 15 is 0 Å². The fraction of sp³-hybridized carbons (Fsp3) is 0.423. The van der Waals surface area contributed by atoms with Crippen LogP contribution in [0.3, 0.4) is 0 Å². The summed E-state index contributed by atoms with van der Waals surface area (Å²) in [6.45, 7) is 4.26. The third-order valence-electron chi connectivity index (χ3n) is 6.50. The maximum Gasteiger partial charge on any atom is 0.408 e. The quantitative estimate of drug-likeness (QED) is 0.350. The molecule has 1 unspecified atom stereocenters. The highest BCUT2D eigenvalue weighted by atomic mass is 19.4.